The fourth-order valence-corrected chi connectivity index (χ4v) is 1.83. The van der Waals surface area contributed by atoms with E-state index in [1.165, 1.54) is 0 Å². The van der Waals surface area contributed by atoms with Crippen molar-refractivity contribution in [2.45, 2.75) is 25.5 Å². The van der Waals surface area contributed by atoms with Gasteiger partial charge in [-0.15, -0.1) is 0 Å². The van der Waals surface area contributed by atoms with E-state index in [1.54, 1.807) is 14.0 Å². The van der Waals surface area contributed by atoms with E-state index < -0.39 is 0 Å². The van der Waals surface area contributed by atoms with Crippen LogP contribution in [0.2, 0.25) is 0 Å². The average molecular weight is 299 g/mol. The van der Waals surface area contributed by atoms with E-state index in [0.29, 0.717) is 31.8 Å². The summed E-state index contributed by atoms with van der Waals surface area (Å²) in [6.45, 7) is 2.67. The summed E-state index contributed by atoms with van der Waals surface area (Å²) in [5.74, 6) is 1.14. The minimum Gasteiger partial charge on any atom is -0.493 e. The maximum atomic E-state index is 11.2. The van der Waals surface area contributed by atoms with E-state index >= 15 is 0 Å². The Labute approximate surface area is 125 Å². The van der Waals surface area contributed by atoms with Gasteiger partial charge in [-0.25, -0.2) is 0 Å². The average Bonchev–Trinajstić information content (AvgIpc) is 2.44. The van der Waals surface area contributed by atoms with Crippen molar-refractivity contribution in [3.8, 4) is 5.75 Å². The highest BCUT2D eigenvalue weighted by molar-refractivity contribution is 7.79. The molecule has 0 fully saturated rings. The Balaban J connectivity index is 2.46. The second-order valence-electron chi connectivity index (χ2n) is 4.09. The van der Waals surface area contributed by atoms with Crippen LogP contribution < -0.4 is 10.2 Å². The Morgan fingerprint density at radius 1 is 1.35 bits per heavy atom. The number of anilines is 1. The largest absolute Gasteiger partial charge is 0.493 e. The Morgan fingerprint density at radius 3 is 2.80 bits per heavy atom. The second kappa shape index (κ2) is 9.50. The predicted octanol–water partition coefficient (Wildman–Crippen LogP) is 2.81. The summed E-state index contributed by atoms with van der Waals surface area (Å²) >= 11 is 4.25. The van der Waals surface area contributed by atoms with Crippen molar-refractivity contribution in [1.82, 2.24) is 0 Å². The molecule has 1 aromatic rings. The fourth-order valence-electron chi connectivity index (χ4n) is 1.65. The molecule has 5 nitrogen and oxygen atoms in total. The summed E-state index contributed by atoms with van der Waals surface area (Å²) in [7, 11) is 1.55. The van der Waals surface area contributed by atoms with E-state index in [1.807, 2.05) is 18.2 Å². The molecule has 0 unspecified atom stereocenters. The molecule has 0 bridgehead atoms. The summed E-state index contributed by atoms with van der Waals surface area (Å²) in [6, 6.07) is 5.68. The third-order valence-electron chi connectivity index (χ3n) is 2.47. The molecular weight excluding hydrogens is 278 g/mol. The van der Waals surface area contributed by atoms with Gasteiger partial charge in [0.1, 0.15) is 5.75 Å². The van der Waals surface area contributed by atoms with Crippen LogP contribution in [0.1, 0.15) is 25.3 Å². The van der Waals surface area contributed by atoms with Gasteiger partial charge in [-0.1, -0.05) is 0 Å². The van der Waals surface area contributed by atoms with Gasteiger partial charge in [-0.3, -0.25) is 15.1 Å². The van der Waals surface area contributed by atoms with E-state index in [2.05, 4.69) is 18.1 Å². The van der Waals surface area contributed by atoms with Crippen molar-refractivity contribution in [2.75, 3.05) is 25.8 Å². The number of hydrogen-bond donors (Lipinski definition) is 2. The molecule has 0 aromatic heterocycles. The quantitative estimate of drug-likeness (QED) is 0.318. The number of ether oxygens (including phenoxy) is 2. The van der Waals surface area contributed by atoms with E-state index in [-0.39, 0.29) is 5.97 Å². The van der Waals surface area contributed by atoms with Crippen molar-refractivity contribution < 1.29 is 19.1 Å². The Morgan fingerprint density at radius 2 is 2.15 bits per heavy atom. The van der Waals surface area contributed by atoms with Crippen LogP contribution in [0.25, 0.3) is 0 Å². The van der Waals surface area contributed by atoms with Gasteiger partial charge in [0.2, 0.25) is 0 Å². The van der Waals surface area contributed by atoms with Crippen LogP contribution in [0.4, 0.5) is 5.69 Å². The lowest BCUT2D eigenvalue weighted by atomic mass is 10.2. The molecule has 0 radical (unpaired) electrons. The van der Waals surface area contributed by atoms with Crippen LogP contribution in [0, 0.1) is 0 Å². The van der Waals surface area contributed by atoms with Crippen LogP contribution in [0.15, 0.2) is 18.2 Å². The SMILES string of the molecule is CCOC(=O)CCCOc1cc(CS)cc(NOC)c1. The van der Waals surface area contributed by atoms with Crippen molar-refractivity contribution in [3.63, 3.8) is 0 Å². The Hall–Kier alpha value is -1.40. The fraction of sp³-hybridized carbons (Fsp3) is 0.500. The van der Waals surface area contributed by atoms with Crippen LogP contribution in [0.3, 0.4) is 0 Å². The van der Waals surface area contributed by atoms with Gasteiger partial charge >= 0.3 is 5.97 Å². The first-order valence-corrected chi connectivity index (χ1v) is 7.15. The molecule has 1 rings (SSSR count). The normalized spacial score (nSPS) is 10.2. The lowest BCUT2D eigenvalue weighted by Gasteiger charge is -2.11. The molecule has 0 aliphatic heterocycles. The van der Waals surface area contributed by atoms with Crippen LogP contribution in [-0.2, 0) is 20.1 Å². The molecule has 20 heavy (non-hydrogen) atoms. The highest BCUT2D eigenvalue weighted by atomic mass is 32.1. The highest BCUT2D eigenvalue weighted by Crippen LogP contribution is 2.22. The first kappa shape index (κ1) is 16.7. The van der Waals surface area contributed by atoms with Gasteiger partial charge in [0.15, 0.2) is 0 Å². The first-order chi connectivity index (χ1) is 9.69. The Kier molecular flexibility index (Phi) is 7.91. The molecule has 0 aliphatic carbocycles. The van der Waals surface area contributed by atoms with Crippen LogP contribution >= 0.6 is 12.6 Å². The predicted molar refractivity (Wildman–Crippen MR) is 81.1 cm³/mol. The molecule has 6 heteroatoms. The van der Waals surface area contributed by atoms with Crippen molar-refractivity contribution >= 4 is 24.3 Å². The number of nitrogens with one attached hydrogen (secondary N) is 1. The molecule has 0 heterocycles. The minimum absolute atomic E-state index is 0.193. The van der Waals surface area contributed by atoms with Gasteiger partial charge < -0.3 is 9.47 Å². The monoisotopic (exact) mass is 299 g/mol. The molecule has 1 N–H and O–H groups in total. The smallest absolute Gasteiger partial charge is 0.305 e. The summed E-state index contributed by atoms with van der Waals surface area (Å²) in [5.41, 5.74) is 4.59. The van der Waals surface area contributed by atoms with Gasteiger partial charge in [-0.2, -0.15) is 12.6 Å². The minimum atomic E-state index is -0.193. The van der Waals surface area contributed by atoms with Crippen LogP contribution in [0.5, 0.6) is 5.75 Å². The van der Waals surface area contributed by atoms with E-state index in [0.717, 1.165) is 17.0 Å². The van der Waals surface area contributed by atoms with Crippen molar-refractivity contribution in [2.24, 2.45) is 0 Å². The van der Waals surface area contributed by atoms with E-state index in [9.17, 15) is 4.79 Å². The number of thiol groups is 1. The Bertz CT molecular complexity index is 426. The van der Waals surface area contributed by atoms with Gasteiger partial charge in [-0.05, 0) is 31.0 Å². The number of benzene rings is 1. The standard InChI is InChI=1S/C14H21NO4S/c1-3-18-14(16)5-4-6-19-13-8-11(10-20)7-12(9-13)15-17-2/h7-9,15,20H,3-6,10H2,1-2H3. The number of hydrogen-bond acceptors (Lipinski definition) is 6. The summed E-state index contributed by atoms with van der Waals surface area (Å²) in [6.07, 6.45) is 0.986. The summed E-state index contributed by atoms with van der Waals surface area (Å²) in [4.78, 5) is 16.1. The third-order valence-corrected chi connectivity index (χ3v) is 2.83. The van der Waals surface area contributed by atoms with Crippen molar-refractivity contribution in [1.29, 1.82) is 0 Å². The van der Waals surface area contributed by atoms with E-state index in [4.69, 9.17) is 14.3 Å². The van der Waals surface area contributed by atoms with Gasteiger partial charge in [0, 0.05) is 18.2 Å². The lowest BCUT2D eigenvalue weighted by molar-refractivity contribution is -0.143. The molecule has 1 aromatic carbocycles. The molecule has 112 valence electrons. The second-order valence-corrected chi connectivity index (χ2v) is 4.40. The summed E-state index contributed by atoms with van der Waals surface area (Å²) < 4.78 is 10.5. The lowest BCUT2D eigenvalue weighted by Crippen LogP contribution is -2.07. The molecule has 0 spiro atoms. The van der Waals surface area contributed by atoms with Crippen molar-refractivity contribution in [3.05, 3.63) is 23.8 Å². The summed E-state index contributed by atoms with van der Waals surface area (Å²) in [5, 5.41) is 0. The molecular formula is C14H21NO4S. The maximum absolute atomic E-state index is 11.2. The van der Waals surface area contributed by atoms with Crippen LogP contribution in [-0.4, -0.2) is 26.3 Å². The number of rotatable bonds is 9. The third kappa shape index (κ3) is 6.16. The molecule has 0 saturated heterocycles. The topological polar surface area (TPSA) is 56.8 Å². The highest BCUT2D eigenvalue weighted by Gasteiger charge is 2.04. The zero-order chi connectivity index (χ0) is 14.8. The first-order valence-electron chi connectivity index (χ1n) is 6.51. The number of carbonyl (C=O) groups is 1. The molecule has 0 atom stereocenters. The van der Waals surface area contributed by atoms with Gasteiger partial charge in [0.25, 0.3) is 0 Å². The maximum Gasteiger partial charge on any atom is 0.305 e. The number of esters is 1. The molecule has 0 saturated carbocycles. The number of carbonyl (C=O) groups excluding carboxylic acids is 1. The zero-order valence-corrected chi connectivity index (χ0v) is 12.7. The van der Waals surface area contributed by atoms with Gasteiger partial charge in [0.05, 0.1) is 26.0 Å². The molecule has 0 aliphatic rings. The zero-order valence-electron chi connectivity index (χ0n) is 11.8. The molecule has 0 amide bonds.